The van der Waals surface area contributed by atoms with Crippen LogP contribution in [0.25, 0.3) is 10.2 Å². The van der Waals surface area contributed by atoms with Gasteiger partial charge in [-0.15, -0.1) is 11.3 Å². The van der Waals surface area contributed by atoms with Crippen molar-refractivity contribution in [3.8, 4) is 0 Å². The third-order valence-electron chi connectivity index (χ3n) is 5.17. The van der Waals surface area contributed by atoms with Crippen LogP contribution in [0.3, 0.4) is 0 Å². The second-order valence-electron chi connectivity index (χ2n) is 7.13. The summed E-state index contributed by atoms with van der Waals surface area (Å²) in [4.78, 5) is 45.3. The second-order valence-corrected chi connectivity index (χ2v) is 8.12. The number of ether oxygens (including phenoxy) is 1. The highest BCUT2D eigenvalue weighted by Crippen LogP contribution is 2.30. The summed E-state index contributed by atoms with van der Waals surface area (Å²) in [5.74, 6) is -0.830. The maximum absolute atomic E-state index is 13.1. The van der Waals surface area contributed by atoms with E-state index >= 15 is 0 Å². The smallest absolute Gasteiger partial charge is 0.349 e. The Hall–Kier alpha value is -3.00. The van der Waals surface area contributed by atoms with E-state index in [1.54, 1.807) is 31.0 Å². The first-order valence-corrected chi connectivity index (χ1v) is 10.3. The Bertz CT molecular complexity index is 1130. The number of amides is 1. The van der Waals surface area contributed by atoms with E-state index in [0.717, 1.165) is 24.2 Å². The van der Waals surface area contributed by atoms with E-state index in [9.17, 15) is 14.4 Å². The van der Waals surface area contributed by atoms with Gasteiger partial charge < -0.3 is 14.2 Å². The fourth-order valence-electron chi connectivity index (χ4n) is 3.56. The number of benzene rings is 1. The second kappa shape index (κ2) is 7.79. The van der Waals surface area contributed by atoms with Gasteiger partial charge >= 0.3 is 5.97 Å². The number of aryl methyl sites for hydroxylation is 2. The largest absolute Gasteiger partial charge is 0.443 e. The van der Waals surface area contributed by atoms with E-state index in [0.29, 0.717) is 39.3 Å². The predicted octanol–water partition coefficient (Wildman–Crippen LogP) is 2.82. The van der Waals surface area contributed by atoms with Crippen LogP contribution < -0.4 is 5.56 Å². The maximum Gasteiger partial charge on any atom is 0.349 e. The molecule has 0 saturated carbocycles. The zero-order valence-corrected chi connectivity index (χ0v) is 17.1. The van der Waals surface area contributed by atoms with Crippen molar-refractivity contribution in [1.82, 2.24) is 14.5 Å². The minimum atomic E-state index is -1.01. The van der Waals surface area contributed by atoms with Crippen LogP contribution in [-0.2, 0) is 16.6 Å². The van der Waals surface area contributed by atoms with E-state index in [-0.39, 0.29) is 11.5 Å². The van der Waals surface area contributed by atoms with Crippen molar-refractivity contribution in [2.45, 2.75) is 25.9 Å². The molecule has 1 saturated heterocycles. The lowest BCUT2D eigenvalue weighted by molar-refractivity contribution is -0.140. The molecule has 1 aliphatic heterocycles. The molecule has 3 heterocycles. The van der Waals surface area contributed by atoms with Crippen LogP contribution in [0.2, 0.25) is 0 Å². The monoisotopic (exact) mass is 411 g/mol. The quantitative estimate of drug-likeness (QED) is 0.617. The van der Waals surface area contributed by atoms with Crippen molar-refractivity contribution in [3.63, 3.8) is 0 Å². The number of thiophene rings is 1. The third kappa shape index (κ3) is 3.55. The molecule has 0 N–H and O–H groups in total. The Balaban J connectivity index is 1.69. The molecule has 7 nitrogen and oxygen atoms in total. The first kappa shape index (κ1) is 19.3. The van der Waals surface area contributed by atoms with Gasteiger partial charge in [0.05, 0.1) is 11.7 Å². The van der Waals surface area contributed by atoms with E-state index < -0.39 is 12.1 Å². The van der Waals surface area contributed by atoms with E-state index in [1.807, 2.05) is 18.2 Å². The standard InChI is InChI=1S/C21H21N3O4S/c1-13-15-18(22-12-23(2)19(15)25)29-17(13)21(27)28-16(14-8-4-3-5-9-14)20(26)24-10-6-7-11-24/h3-5,8-9,12,16H,6-7,10-11H2,1-2H3/t16-/m1/s1. The first-order valence-electron chi connectivity index (χ1n) is 9.47. The zero-order valence-electron chi connectivity index (χ0n) is 16.3. The van der Waals surface area contributed by atoms with Crippen LogP contribution in [0.4, 0.5) is 0 Å². The molecule has 1 fully saturated rings. The lowest BCUT2D eigenvalue weighted by Crippen LogP contribution is -2.34. The van der Waals surface area contributed by atoms with Crippen LogP contribution in [0.5, 0.6) is 0 Å². The Labute approximate surface area is 171 Å². The van der Waals surface area contributed by atoms with Crippen molar-refractivity contribution in [1.29, 1.82) is 0 Å². The zero-order chi connectivity index (χ0) is 20.5. The van der Waals surface area contributed by atoms with Crippen molar-refractivity contribution in [2.24, 2.45) is 7.05 Å². The van der Waals surface area contributed by atoms with E-state index in [2.05, 4.69) is 4.98 Å². The summed E-state index contributed by atoms with van der Waals surface area (Å²) in [7, 11) is 1.62. The van der Waals surface area contributed by atoms with Crippen LogP contribution in [0.1, 0.15) is 39.7 Å². The topological polar surface area (TPSA) is 81.5 Å². The number of hydrogen-bond donors (Lipinski definition) is 0. The molecule has 1 amide bonds. The summed E-state index contributed by atoms with van der Waals surface area (Å²) in [5.41, 5.74) is 0.949. The molecule has 150 valence electrons. The fourth-order valence-corrected chi connectivity index (χ4v) is 4.58. The van der Waals surface area contributed by atoms with Crippen LogP contribution in [0, 0.1) is 6.92 Å². The summed E-state index contributed by atoms with van der Waals surface area (Å²) >= 11 is 1.11. The van der Waals surface area contributed by atoms with Gasteiger partial charge in [0.2, 0.25) is 6.10 Å². The average molecular weight is 411 g/mol. The predicted molar refractivity (Wildman–Crippen MR) is 110 cm³/mol. The lowest BCUT2D eigenvalue weighted by Gasteiger charge is -2.23. The van der Waals surface area contributed by atoms with Gasteiger partial charge in [-0.25, -0.2) is 9.78 Å². The van der Waals surface area contributed by atoms with Crippen LogP contribution in [-0.4, -0.2) is 39.4 Å². The summed E-state index contributed by atoms with van der Waals surface area (Å²) in [6.45, 7) is 3.04. The van der Waals surface area contributed by atoms with Gasteiger partial charge in [0.25, 0.3) is 11.5 Å². The fraction of sp³-hybridized carbons (Fsp3) is 0.333. The number of nitrogens with zero attached hydrogens (tertiary/aromatic N) is 3. The maximum atomic E-state index is 13.1. The number of carbonyl (C=O) groups excluding carboxylic acids is 2. The van der Waals surface area contributed by atoms with Gasteiger partial charge in [0.1, 0.15) is 9.71 Å². The summed E-state index contributed by atoms with van der Waals surface area (Å²) in [6.07, 6.45) is 2.32. The molecule has 29 heavy (non-hydrogen) atoms. The number of likely N-dealkylation sites (tertiary alicyclic amines) is 1. The summed E-state index contributed by atoms with van der Waals surface area (Å²) in [6, 6.07) is 9.03. The Morgan fingerprint density at radius 1 is 1.17 bits per heavy atom. The minimum absolute atomic E-state index is 0.212. The van der Waals surface area contributed by atoms with Crippen LogP contribution >= 0.6 is 11.3 Å². The Morgan fingerprint density at radius 2 is 1.86 bits per heavy atom. The molecule has 0 bridgehead atoms. The van der Waals surface area contributed by atoms with E-state index in [4.69, 9.17) is 4.74 Å². The molecule has 0 radical (unpaired) electrons. The van der Waals surface area contributed by atoms with Gasteiger partial charge in [-0.05, 0) is 25.3 Å². The molecule has 2 aromatic heterocycles. The molecule has 0 spiro atoms. The van der Waals surface area contributed by atoms with Crippen LogP contribution in [0.15, 0.2) is 41.5 Å². The first-order chi connectivity index (χ1) is 14.0. The highest BCUT2D eigenvalue weighted by atomic mass is 32.1. The highest BCUT2D eigenvalue weighted by molar-refractivity contribution is 7.20. The molecule has 1 atom stereocenters. The number of hydrogen-bond acceptors (Lipinski definition) is 6. The SMILES string of the molecule is Cc1c(C(=O)O[C@@H](C(=O)N2CCCC2)c2ccccc2)sc2ncn(C)c(=O)c12. The van der Waals surface area contributed by atoms with E-state index in [1.165, 1.54) is 10.9 Å². The molecular formula is C21H21N3O4S. The number of aromatic nitrogens is 2. The number of carbonyl (C=O) groups is 2. The number of esters is 1. The van der Waals surface area contributed by atoms with Gasteiger partial charge in [0.15, 0.2) is 0 Å². The van der Waals surface area contributed by atoms with Gasteiger partial charge in [-0.1, -0.05) is 30.3 Å². The highest BCUT2D eigenvalue weighted by Gasteiger charge is 2.32. The van der Waals surface area contributed by atoms with Gasteiger partial charge in [-0.3, -0.25) is 9.59 Å². The molecule has 0 aliphatic carbocycles. The average Bonchev–Trinajstić information content (AvgIpc) is 3.38. The molecule has 1 aliphatic rings. The number of fused-ring (bicyclic) bond motifs is 1. The van der Waals surface area contributed by atoms with Gasteiger partial charge in [0, 0.05) is 25.7 Å². The number of rotatable bonds is 4. The molecule has 0 unspecified atom stereocenters. The Morgan fingerprint density at radius 3 is 2.55 bits per heavy atom. The third-order valence-corrected chi connectivity index (χ3v) is 6.35. The molecular weight excluding hydrogens is 390 g/mol. The molecule has 4 rings (SSSR count). The van der Waals surface area contributed by atoms with Crippen molar-refractivity contribution in [2.75, 3.05) is 13.1 Å². The van der Waals surface area contributed by atoms with Crippen molar-refractivity contribution >= 4 is 33.4 Å². The molecule has 8 heteroatoms. The molecule has 1 aromatic carbocycles. The lowest BCUT2D eigenvalue weighted by atomic mass is 10.1. The van der Waals surface area contributed by atoms with Gasteiger partial charge in [-0.2, -0.15) is 0 Å². The normalized spacial score (nSPS) is 14.9. The summed E-state index contributed by atoms with van der Waals surface area (Å²) in [5, 5.41) is 0.411. The summed E-state index contributed by atoms with van der Waals surface area (Å²) < 4.78 is 7.10. The van der Waals surface area contributed by atoms with Crippen molar-refractivity contribution < 1.29 is 14.3 Å². The van der Waals surface area contributed by atoms with Crippen molar-refractivity contribution in [3.05, 3.63) is 63.0 Å². The molecule has 3 aromatic rings. The Kier molecular flexibility index (Phi) is 5.19. The minimum Gasteiger partial charge on any atom is -0.443 e.